The van der Waals surface area contributed by atoms with Gasteiger partial charge in [-0.05, 0) is 44.4 Å². The summed E-state index contributed by atoms with van der Waals surface area (Å²) in [6.07, 6.45) is 2.47. The molecule has 0 saturated heterocycles. The van der Waals surface area contributed by atoms with Gasteiger partial charge in [-0.25, -0.2) is 18.2 Å². The van der Waals surface area contributed by atoms with Crippen LogP contribution in [0.15, 0.2) is 32.7 Å². The van der Waals surface area contributed by atoms with Crippen LogP contribution < -0.4 is 11.2 Å². The highest BCUT2D eigenvalue weighted by atomic mass is 32.2. The third-order valence-corrected chi connectivity index (χ3v) is 7.83. The molecule has 1 aliphatic rings. The Hall–Kier alpha value is -2.30. The number of aromatic nitrogens is 3. The van der Waals surface area contributed by atoms with Gasteiger partial charge in [-0.3, -0.25) is 9.78 Å². The molecule has 0 saturated carbocycles. The first-order valence-corrected chi connectivity index (χ1v) is 10.7. The van der Waals surface area contributed by atoms with Crippen LogP contribution in [0.5, 0.6) is 0 Å². The van der Waals surface area contributed by atoms with Crippen molar-refractivity contribution in [3.63, 3.8) is 0 Å². The van der Waals surface area contributed by atoms with Crippen LogP contribution in [0.4, 0.5) is 0 Å². The lowest BCUT2D eigenvalue weighted by molar-refractivity contribution is 0.341. The van der Waals surface area contributed by atoms with E-state index in [1.165, 1.54) is 33.8 Å². The summed E-state index contributed by atoms with van der Waals surface area (Å²) in [7, 11) is -2.26. The minimum atomic E-state index is -3.82. The molecule has 0 spiro atoms. The number of hydrogen-bond donors (Lipinski definition) is 2. The number of fused-ring (bicyclic) bond motifs is 2. The Labute approximate surface area is 158 Å². The minimum Gasteiger partial charge on any atom is -0.307 e. The smallest absolute Gasteiger partial charge is 0.307 e. The molecule has 0 aliphatic heterocycles. The average Bonchev–Trinajstić information content (AvgIpc) is 3.00. The Kier molecular flexibility index (Phi) is 4.28. The van der Waals surface area contributed by atoms with E-state index < -0.39 is 21.3 Å². The zero-order chi connectivity index (χ0) is 19.3. The second kappa shape index (κ2) is 6.39. The summed E-state index contributed by atoms with van der Waals surface area (Å²) < 4.78 is 27.8. The lowest BCUT2D eigenvalue weighted by Gasteiger charge is -2.30. The Balaban J connectivity index is 1.78. The van der Waals surface area contributed by atoms with Gasteiger partial charge in [0.25, 0.3) is 5.56 Å². The zero-order valence-electron chi connectivity index (χ0n) is 14.8. The third kappa shape index (κ3) is 3.03. The fourth-order valence-corrected chi connectivity index (χ4v) is 6.11. The Morgan fingerprint density at radius 3 is 2.81 bits per heavy atom. The molecule has 2 heterocycles. The summed E-state index contributed by atoms with van der Waals surface area (Å²) in [5, 5.41) is 1.06. The highest BCUT2D eigenvalue weighted by Gasteiger charge is 2.34. The van der Waals surface area contributed by atoms with E-state index in [9.17, 15) is 18.0 Å². The van der Waals surface area contributed by atoms with Gasteiger partial charge in [-0.2, -0.15) is 4.31 Å². The number of thiazole rings is 1. The van der Waals surface area contributed by atoms with Gasteiger partial charge in [0.05, 0.1) is 32.5 Å². The first-order chi connectivity index (χ1) is 12.8. The molecule has 1 atom stereocenters. The van der Waals surface area contributed by atoms with Crippen LogP contribution in [-0.4, -0.2) is 34.7 Å². The number of H-pyrrole nitrogens is 2. The number of aryl methyl sites for hydroxylation is 2. The molecule has 0 amide bonds. The normalized spacial score (nSPS) is 17.4. The van der Waals surface area contributed by atoms with Gasteiger partial charge >= 0.3 is 5.69 Å². The maximum atomic E-state index is 13.2. The molecule has 8 nitrogen and oxygen atoms in total. The molecule has 3 aromatic rings. The molecule has 2 aromatic heterocycles. The maximum Gasteiger partial charge on any atom is 0.326 e. The van der Waals surface area contributed by atoms with Crippen molar-refractivity contribution in [3.8, 4) is 0 Å². The quantitative estimate of drug-likeness (QED) is 0.686. The van der Waals surface area contributed by atoms with Crippen molar-refractivity contribution < 1.29 is 8.42 Å². The van der Waals surface area contributed by atoms with E-state index in [0.29, 0.717) is 5.52 Å². The van der Waals surface area contributed by atoms with Crippen molar-refractivity contribution in [2.45, 2.75) is 37.1 Å². The van der Waals surface area contributed by atoms with Crippen molar-refractivity contribution in [2.24, 2.45) is 0 Å². The van der Waals surface area contributed by atoms with Crippen LogP contribution in [0.3, 0.4) is 0 Å². The number of sulfonamides is 1. The SMILES string of the molecule is Cc1nc2c(s1)C(N(C)S(=O)(=O)c1ccc3[nH]c(=O)[nH]c(=O)c3c1)CCC2. The van der Waals surface area contributed by atoms with E-state index in [1.807, 2.05) is 6.92 Å². The van der Waals surface area contributed by atoms with E-state index >= 15 is 0 Å². The van der Waals surface area contributed by atoms with Crippen LogP contribution in [0, 0.1) is 6.92 Å². The Morgan fingerprint density at radius 1 is 1.26 bits per heavy atom. The van der Waals surface area contributed by atoms with Crippen LogP contribution in [0.25, 0.3) is 10.9 Å². The highest BCUT2D eigenvalue weighted by molar-refractivity contribution is 7.89. The molecule has 1 aliphatic carbocycles. The topological polar surface area (TPSA) is 116 Å². The summed E-state index contributed by atoms with van der Waals surface area (Å²) in [6.45, 7) is 1.92. The van der Waals surface area contributed by atoms with E-state index in [4.69, 9.17) is 0 Å². The van der Waals surface area contributed by atoms with Gasteiger partial charge in [-0.1, -0.05) is 0 Å². The maximum absolute atomic E-state index is 13.2. The van der Waals surface area contributed by atoms with Gasteiger partial charge in [0.2, 0.25) is 10.0 Å². The standard InChI is InChI=1S/C17H18N4O4S2/c1-9-18-13-4-3-5-14(15(13)26-9)21(2)27(24,25)10-6-7-12-11(8-10)16(22)20-17(23)19-12/h6-8,14H,3-5H2,1-2H3,(H2,19,20,22,23). The van der Waals surface area contributed by atoms with Crippen molar-refractivity contribution in [1.82, 2.24) is 19.3 Å². The molecule has 2 N–H and O–H groups in total. The van der Waals surface area contributed by atoms with Gasteiger partial charge in [0.1, 0.15) is 0 Å². The largest absolute Gasteiger partial charge is 0.326 e. The fourth-order valence-electron chi connectivity index (χ4n) is 3.50. The van der Waals surface area contributed by atoms with E-state index in [0.717, 1.165) is 34.8 Å². The van der Waals surface area contributed by atoms with Gasteiger partial charge in [0, 0.05) is 11.9 Å². The summed E-state index contributed by atoms with van der Waals surface area (Å²) in [6, 6.07) is 3.88. The average molecular weight is 406 g/mol. The monoisotopic (exact) mass is 406 g/mol. The van der Waals surface area contributed by atoms with Gasteiger partial charge in [0.15, 0.2) is 0 Å². The van der Waals surface area contributed by atoms with Crippen molar-refractivity contribution in [2.75, 3.05) is 7.05 Å². The molecule has 0 fully saturated rings. The highest BCUT2D eigenvalue weighted by Crippen LogP contribution is 2.39. The van der Waals surface area contributed by atoms with E-state index in [2.05, 4.69) is 15.0 Å². The Bertz CT molecular complexity index is 1260. The lowest BCUT2D eigenvalue weighted by atomic mass is 9.98. The number of hydrogen-bond acceptors (Lipinski definition) is 6. The third-order valence-electron chi connectivity index (χ3n) is 4.86. The van der Waals surface area contributed by atoms with Crippen LogP contribution in [0.1, 0.15) is 34.5 Å². The predicted molar refractivity (Wildman–Crippen MR) is 103 cm³/mol. The minimum absolute atomic E-state index is 0.0170. The van der Waals surface area contributed by atoms with Crippen LogP contribution in [0.2, 0.25) is 0 Å². The number of nitrogens with one attached hydrogen (secondary N) is 2. The van der Waals surface area contributed by atoms with Crippen molar-refractivity contribution in [1.29, 1.82) is 0 Å². The van der Waals surface area contributed by atoms with Gasteiger partial charge < -0.3 is 4.98 Å². The zero-order valence-corrected chi connectivity index (χ0v) is 16.4. The Morgan fingerprint density at radius 2 is 2.04 bits per heavy atom. The first-order valence-electron chi connectivity index (χ1n) is 8.48. The number of rotatable bonds is 3. The molecule has 27 heavy (non-hydrogen) atoms. The number of benzene rings is 1. The molecule has 1 unspecified atom stereocenters. The summed E-state index contributed by atoms with van der Waals surface area (Å²) in [5.74, 6) is 0. The van der Waals surface area contributed by atoms with Crippen molar-refractivity contribution in [3.05, 3.63) is 54.6 Å². The van der Waals surface area contributed by atoms with Crippen molar-refractivity contribution >= 4 is 32.3 Å². The molecule has 4 rings (SSSR count). The second-order valence-electron chi connectivity index (χ2n) is 6.59. The number of aromatic amines is 2. The molecular weight excluding hydrogens is 388 g/mol. The van der Waals surface area contributed by atoms with Crippen LogP contribution >= 0.6 is 11.3 Å². The van der Waals surface area contributed by atoms with Gasteiger partial charge in [-0.15, -0.1) is 11.3 Å². The molecule has 10 heteroatoms. The lowest BCUT2D eigenvalue weighted by Crippen LogP contribution is -2.33. The van der Waals surface area contributed by atoms with E-state index in [1.54, 1.807) is 7.05 Å². The molecular formula is C17H18N4O4S2. The predicted octanol–water partition coefficient (Wildman–Crippen LogP) is 1.68. The van der Waals surface area contributed by atoms with E-state index in [-0.39, 0.29) is 16.3 Å². The number of nitrogens with zero attached hydrogens (tertiary/aromatic N) is 2. The fraction of sp³-hybridized carbons (Fsp3) is 0.353. The molecule has 0 bridgehead atoms. The summed E-state index contributed by atoms with van der Waals surface area (Å²) in [4.78, 5) is 33.5. The van der Waals surface area contributed by atoms with Crippen LogP contribution in [-0.2, 0) is 16.4 Å². The molecule has 0 radical (unpaired) electrons. The molecule has 1 aromatic carbocycles. The second-order valence-corrected chi connectivity index (χ2v) is 9.82. The summed E-state index contributed by atoms with van der Waals surface area (Å²) >= 11 is 1.53. The first kappa shape index (κ1) is 18.1. The molecule has 142 valence electrons. The summed E-state index contributed by atoms with van der Waals surface area (Å²) in [5.41, 5.74) is 0.0220.